The summed E-state index contributed by atoms with van der Waals surface area (Å²) < 4.78 is 121. The Labute approximate surface area is 253 Å². The number of Topliss-reactive ketones (excluding diaryl/α,β-unsaturated/α-hetero) is 1. The van der Waals surface area contributed by atoms with Crippen LogP contribution in [0.25, 0.3) is 6.08 Å². The van der Waals surface area contributed by atoms with Crippen molar-refractivity contribution in [2.24, 2.45) is 5.92 Å². The first-order chi connectivity index (χ1) is 19.2. The number of benzene rings is 2. The van der Waals surface area contributed by atoms with Crippen LogP contribution in [0, 0.1) is 5.92 Å². The standard InChI is InChI=1S/C26H21Cl3F9NO2S/c1-42-7-6-14(23(41)39-12-24(30,31)32)11-21(40)16-4-2-13(8-18(16)26(36,37)38)3-5-17(25(33,34)35)15-9-19(27)22(29)20(28)10-15/h2-5,8-10,14,17H,6-7,11-12H2,1H3,(H,39,41)/b5-3+/t14-,17?/m0/s1. The lowest BCUT2D eigenvalue weighted by Gasteiger charge is -2.19. The zero-order valence-electron chi connectivity index (χ0n) is 21.3. The van der Waals surface area contributed by atoms with Crippen LogP contribution in [0.5, 0.6) is 0 Å². The predicted molar refractivity (Wildman–Crippen MR) is 145 cm³/mol. The zero-order chi connectivity index (χ0) is 32.0. The van der Waals surface area contributed by atoms with E-state index >= 15 is 0 Å². The highest BCUT2D eigenvalue weighted by atomic mass is 35.5. The molecule has 3 nitrogen and oxygen atoms in total. The van der Waals surface area contributed by atoms with Gasteiger partial charge in [-0.3, -0.25) is 9.59 Å². The van der Waals surface area contributed by atoms with E-state index in [1.807, 2.05) is 0 Å². The third-order valence-electron chi connectivity index (χ3n) is 5.78. The van der Waals surface area contributed by atoms with E-state index in [0.717, 1.165) is 30.3 Å². The largest absolute Gasteiger partial charge is 0.417 e. The van der Waals surface area contributed by atoms with Crippen molar-refractivity contribution in [2.75, 3.05) is 18.6 Å². The summed E-state index contributed by atoms with van der Waals surface area (Å²) in [5.74, 6) is -5.78. The summed E-state index contributed by atoms with van der Waals surface area (Å²) in [5.41, 5.74) is -3.15. The molecule has 1 unspecified atom stereocenters. The molecule has 0 aliphatic carbocycles. The lowest BCUT2D eigenvalue weighted by Crippen LogP contribution is -2.38. The van der Waals surface area contributed by atoms with Gasteiger partial charge in [-0.1, -0.05) is 59.1 Å². The number of alkyl halides is 9. The van der Waals surface area contributed by atoms with Crippen LogP contribution >= 0.6 is 46.6 Å². The van der Waals surface area contributed by atoms with Crippen LogP contribution in [0.1, 0.15) is 45.8 Å². The molecule has 1 N–H and O–H groups in total. The molecule has 2 atom stereocenters. The fraction of sp³-hybridized carbons (Fsp3) is 0.385. The monoisotopic (exact) mass is 687 g/mol. The normalized spacial score (nSPS) is 14.2. The minimum absolute atomic E-state index is 0.0870. The number of carbonyl (C=O) groups is 2. The molecule has 0 saturated carbocycles. The highest BCUT2D eigenvalue weighted by molar-refractivity contribution is 7.98. The molecule has 0 spiro atoms. The summed E-state index contributed by atoms with van der Waals surface area (Å²) >= 11 is 18.7. The molecule has 2 aromatic rings. The van der Waals surface area contributed by atoms with E-state index in [1.165, 1.54) is 11.8 Å². The molecule has 1 amide bonds. The Kier molecular flexibility index (Phi) is 12.5. The van der Waals surface area contributed by atoms with Gasteiger partial charge in [0.2, 0.25) is 5.91 Å². The van der Waals surface area contributed by atoms with Crippen molar-refractivity contribution in [1.82, 2.24) is 5.32 Å². The van der Waals surface area contributed by atoms with E-state index in [-0.39, 0.29) is 32.8 Å². The number of allylic oxidation sites excluding steroid dienone is 1. The Morgan fingerprint density at radius 1 is 0.952 bits per heavy atom. The highest BCUT2D eigenvalue weighted by Crippen LogP contribution is 2.41. The maximum absolute atomic E-state index is 13.9. The van der Waals surface area contributed by atoms with Gasteiger partial charge in [0.05, 0.1) is 26.5 Å². The van der Waals surface area contributed by atoms with Gasteiger partial charge in [0.25, 0.3) is 0 Å². The molecule has 232 valence electrons. The molecule has 0 aliphatic rings. The van der Waals surface area contributed by atoms with Crippen LogP contribution in [0.15, 0.2) is 36.4 Å². The molecule has 2 aromatic carbocycles. The highest BCUT2D eigenvalue weighted by Gasteiger charge is 2.40. The molecule has 0 aromatic heterocycles. The van der Waals surface area contributed by atoms with Gasteiger partial charge in [0, 0.05) is 17.9 Å². The molecule has 0 heterocycles. The van der Waals surface area contributed by atoms with Gasteiger partial charge < -0.3 is 5.32 Å². The number of thioether (sulfide) groups is 1. The molecule has 42 heavy (non-hydrogen) atoms. The number of amides is 1. The van der Waals surface area contributed by atoms with Crippen LogP contribution in [-0.4, -0.2) is 42.6 Å². The van der Waals surface area contributed by atoms with Crippen LogP contribution < -0.4 is 5.32 Å². The number of hydrogen-bond acceptors (Lipinski definition) is 3. The minimum Gasteiger partial charge on any atom is -0.347 e. The van der Waals surface area contributed by atoms with Crippen molar-refractivity contribution < 1.29 is 49.1 Å². The first-order valence-electron chi connectivity index (χ1n) is 11.7. The molecule has 0 saturated heterocycles. The molecule has 0 radical (unpaired) electrons. The fourth-order valence-electron chi connectivity index (χ4n) is 3.77. The van der Waals surface area contributed by atoms with Gasteiger partial charge in [-0.15, -0.1) is 0 Å². The quantitative estimate of drug-likeness (QED) is 0.145. The van der Waals surface area contributed by atoms with Gasteiger partial charge in [-0.25, -0.2) is 0 Å². The predicted octanol–water partition coefficient (Wildman–Crippen LogP) is 9.65. The lowest BCUT2D eigenvalue weighted by atomic mass is 9.91. The van der Waals surface area contributed by atoms with E-state index < -0.39 is 71.7 Å². The average molecular weight is 689 g/mol. The number of carbonyl (C=O) groups excluding carboxylic acids is 2. The van der Waals surface area contributed by atoms with Crippen molar-refractivity contribution in [3.63, 3.8) is 0 Å². The second-order valence-electron chi connectivity index (χ2n) is 8.92. The summed E-state index contributed by atoms with van der Waals surface area (Å²) in [6.45, 7) is -1.68. The number of ketones is 1. The summed E-state index contributed by atoms with van der Waals surface area (Å²) in [7, 11) is 0. The Morgan fingerprint density at radius 2 is 1.55 bits per heavy atom. The number of rotatable bonds is 11. The van der Waals surface area contributed by atoms with E-state index in [2.05, 4.69) is 0 Å². The second-order valence-corrected chi connectivity index (χ2v) is 11.1. The van der Waals surface area contributed by atoms with Gasteiger partial charge >= 0.3 is 18.5 Å². The Hall–Kier alpha value is -2.09. The summed E-state index contributed by atoms with van der Waals surface area (Å²) in [6, 6.07) is 4.00. The van der Waals surface area contributed by atoms with Crippen LogP contribution in [0.3, 0.4) is 0 Å². The van der Waals surface area contributed by atoms with Crippen molar-refractivity contribution in [3.05, 3.63) is 73.7 Å². The van der Waals surface area contributed by atoms with E-state index in [4.69, 9.17) is 34.8 Å². The Bertz CT molecular complexity index is 1290. The Morgan fingerprint density at radius 3 is 2.05 bits per heavy atom. The second kappa shape index (κ2) is 14.6. The first-order valence-corrected chi connectivity index (χ1v) is 14.2. The molecular formula is C26H21Cl3F9NO2S. The summed E-state index contributed by atoms with van der Waals surface area (Å²) in [6.07, 6.45) is -12.7. The molecule has 0 fully saturated rings. The van der Waals surface area contributed by atoms with E-state index in [9.17, 15) is 49.1 Å². The smallest absolute Gasteiger partial charge is 0.347 e. The van der Waals surface area contributed by atoms with Gasteiger partial charge in [0.15, 0.2) is 5.78 Å². The van der Waals surface area contributed by atoms with E-state index in [1.54, 1.807) is 11.6 Å². The van der Waals surface area contributed by atoms with E-state index in [0.29, 0.717) is 12.1 Å². The fourth-order valence-corrected chi connectivity index (χ4v) is 4.90. The molecular weight excluding hydrogens is 668 g/mol. The van der Waals surface area contributed by atoms with Gasteiger partial charge in [-0.2, -0.15) is 51.3 Å². The molecule has 0 aliphatic heterocycles. The number of hydrogen-bond donors (Lipinski definition) is 1. The third-order valence-corrected chi connectivity index (χ3v) is 7.63. The average Bonchev–Trinajstić information content (AvgIpc) is 2.86. The SMILES string of the molecule is CSCC[C@@H](CC(=O)c1ccc(/C=C/C(c2cc(Cl)c(Cl)c(Cl)c2)C(F)(F)F)cc1C(F)(F)F)C(=O)NCC(F)(F)F. The van der Waals surface area contributed by atoms with Crippen molar-refractivity contribution in [1.29, 1.82) is 0 Å². The minimum atomic E-state index is -5.14. The number of nitrogens with one attached hydrogen (secondary N) is 1. The maximum atomic E-state index is 13.9. The topological polar surface area (TPSA) is 46.2 Å². The van der Waals surface area contributed by atoms with Gasteiger partial charge in [0.1, 0.15) is 6.54 Å². The van der Waals surface area contributed by atoms with Crippen LogP contribution in [-0.2, 0) is 11.0 Å². The Balaban J connectivity index is 2.43. The van der Waals surface area contributed by atoms with Crippen molar-refractivity contribution in [2.45, 2.75) is 37.3 Å². The van der Waals surface area contributed by atoms with Crippen molar-refractivity contribution >= 4 is 64.3 Å². The number of halogens is 12. The molecule has 16 heteroatoms. The van der Waals surface area contributed by atoms with Gasteiger partial charge in [-0.05, 0) is 47.8 Å². The lowest BCUT2D eigenvalue weighted by molar-refractivity contribution is -0.140. The third kappa shape index (κ3) is 10.6. The first kappa shape index (κ1) is 36.1. The molecule has 2 rings (SSSR count). The zero-order valence-corrected chi connectivity index (χ0v) is 24.4. The summed E-state index contributed by atoms with van der Waals surface area (Å²) in [5, 5.41) is 0.905. The van der Waals surface area contributed by atoms with Crippen molar-refractivity contribution in [3.8, 4) is 0 Å². The van der Waals surface area contributed by atoms with Crippen LogP contribution in [0.2, 0.25) is 15.1 Å². The maximum Gasteiger partial charge on any atom is 0.417 e. The summed E-state index contributed by atoms with van der Waals surface area (Å²) in [4.78, 5) is 25.2. The molecule has 0 bridgehead atoms. The van der Waals surface area contributed by atoms with Crippen LogP contribution in [0.4, 0.5) is 39.5 Å².